The number of carbonyl (C=O) groups excluding carboxylic acids is 1. The Kier molecular flexibility index (Phi) is 3.45. The fourth-order valence-corrected chi connectivity index (χ4v) is 1.73. The van der Waals surface area contributed by atoms with Crippen LogP contribution < -0.4 is 0 Å². The van der Waals surface area contributed by atoms with Crippen molar-refractivity contribution in [3.63, 3.8) is 0 Å². The molecule has 0 aliphatic heterocycles. The van der Waals surface area contributed by atoms with Crippen LogP contribution in [0.4, 0.5) is 0 Å². The summed E-state index contributed by atoms with van der Waals surface area (Å²) in [4.78, 5) is 15.9. The highest BCUT2D eigenvalue weighted by Crippen LogP contribution is 2.24. The second kappa shape index (κ2) is 4.85. The summed E-state index contributed by atoms with van der Waals surface area (Å²) >= 11 is 11.7. The third kappa shape index (κ3) is 2.48. The topological polar surface area (TPSA) is 47.8 Å². The van der Waals surface area contributed by atoms with Crippen LogP contribution >= 0.6 is 23.2 Å². The van der Waals surface area contributed by atoms with Crippen LogP contribution in [-0.4, -0.2) is 20.5 Å². The van der Waals surface area contributed by atoms with E-state index in [1.807, 2.05) is 0 Å². The van der Waals surface area contributed by atoms with Crippen molar-refractivity contribution < 1.29 is 4.79 Å². The molecule has 0 fully saturated rings. The van der Waals surface area contributed by atoms with Gasteiger partial charge in [-0.05, 0) is 25.1 Å². The lowest BCUT2D eigenvalue weighted by atomic mass is 10.1. The molecule has 0 amide bonds. The minimum absolute atomic E-state index is 0.0888. The number of rotatable bonds is 3. The molecule has 17 heavy (non-hydrogen) atoms. The Labute approximate surface area is 108 Å². The molecule has 1 aromatic carbocycles. The highest BCUT2D eigenvalue weighted by Gasteiger charge is 2.18. The van der Waals surface area contributed by atoms with E-state index in [0.717, 1.165) is 0 Å². The average molecular weight is 270 g/mol. The maximum absolute atomic E-state index is 12.1. The molecular weight excluding hydrogens is 261 g/mol. The molecule has 6 heteroatoms. The average Bonchev–Trinajstić information content (AvgIpc) is 2.84. The van der Waals surface area contributed by atoms with Crippen LogP contribution in [-0.2, 0) is 0 Å². The number of benzene rings is 1. The van der Waals surface area contributed by atoms with Gasteiger partial charge in [0.1, 0.15) is 18.7 Å². The second-order valence-corrected chi connectivity index (χ2v) is 4.36. The van der Waals surface area contributed by atoms with E-state index < -0.39 is 6.04 Å². The molecule has 4 nitrogen and oxygen atoms in total. The quantitative estimate of drug-likeness (QED) is 0.805. The van der Waals surface area contributed by atoms with Crippen molar-refractivity contribution in [3.05, 3.63) is 46.5 Å². The van der Waals surface area contributed by atoms with Gasteiger partial charge in [-0.15, -0.1) is 0 Å². The van der Waals surface area contributed by atoms with Gasteiger partial charge in [0.2, 0.25) is 0 Å². The molecule has 0 aliphatic rings. The Morgan fingerprint density at radius 3 is 2.71 bits per heavy atom. The summed E-state index contributed by atoms with van der Waals surface area (Å²) in [6.45, 7) is 1.75. The highest BCUT2D eigenvalue weighted by molar-refractivity contribution is 6.42. The highest BCUT2D eigenvalue weighted by atomic mass is 35.5. The normalized spacial score (nSPS) is 12.4. The molecule has 1 unspecified atom stereocenters. The predicted octanol–water partition coefficient (Wildman–Crippen LogP) is 3.03. The van der Waals surface area contributed by atoms with Crippen molar-refractivity contribution in [2.75, 3.05) is 0 Å². The Bertz CT molecular complexity index is 540. The molecule has 2 rings (SSSR count). The lowest BCUT2D eigenvalue weighted by Gasteiger charge is -2.10. The summed E-state index contributed by atoms with van der Waals surface area (Å²) in [6, 6.07) is 4.38. The van der Waals surface area contributed by atoms with Crippen LogP contribution in [0.3, 0.4) is 0 Å². The molecule has 0 N–H and O–H groups in total. The molecule has 0 spiro atoms. The third-order valence-electron chi connectivity index (χ3n) is 2.42. The van der Waals surface area contributed by atoms with Crippen molar-refractivity contribution in [3.8, 4) is 0 Å². The molecule has 2 aromatic rings. The number of hydrogen-bond acceptors (Lipinski definition) is 3. The summed E-state index contributed by atoms with van der Waals surface area (Å²) in [5.41, 5.74) is 0.502. The van der Waals surface area contributed by atoms with Gasteiger partial charge in [-0.25, -0.2) is 9.67 Å². The second-order valence-electron chi connectivity index (χ2n) is 3.54. The predicted molar refractivity (Wildman–Crippen MR) is 65.5 cm³/mol. The zero-order valence-electron chi connectivity index (χ0n) is 8.97. The third-order valence-corrected chi connectivity index (χ3v) is 3.16. The van der Waals surface area contributed by atoms with E-state index in [2.05, 4.69) is 10.1 Å². The number of aromatic nitrogens is 3. The summed E-state index contributed by atoms with van der Waals surface area (Å²) < 4.78 is 1.49. The number of nitrogens with zero attached hydrogens (tertiary/aromatic N) is 3. The van der Waals surface area contributed by atoms with E-state index in [4.69, 9.17) is 23.2 Å². The van der Waals surface area contributed by atoms with Crippen molar-refractivity contribution in [1.29, 1.82) is 0 Å². The molecule has 1 heterocycles. The van der Waals surface area contributed by atoms with Gasteiger partial charge < -0.3 is 0 Å². The Balaban J connectivity index is 2.28. The largest absolute Gasteiger partial charge is 0.292 e. The van der Waals surface area contributed by atoms with Gasteiger partial charge in [-0.3, -0.25) is 4.79 Å². The van der Waals surface area contributed by atoms with Crippen LogP contribution in [0.1, 0.15) is 23.3 Å². The van der Waals surface area contributed by atoms with E-state index in [0.29, 0.717) is 15.6 Å². The maximum atomic E-state index is 12.1. The van der Waals surface area contributed by atoms with Gasteiger partial charge in [-0.1, -0.05) is 23.2 Å². The zero-order chi connectivity index (χ0) is 12.4. The molecule has 1 aromatic heterocycles. The van der Waals surface area contributed by atoms with Crippen molar-refractivity contribution in [2.45, 2.75) is 13.0 Å². The molecular formula is C11H9Cl2N3O. The van der Waals surface area contributed by atoms with E-state index >= 15 is 0 Å². The summed E-state index contributed by atoms with van der Waals surface area (Å²) in [6.07, 6.45) is 2.89. The summed E-state index contributed by atoms with van der Waals surface area (Å²) in [7, 11) is 0. The Morgan fingerprint density at radius 2 is 2.12 bits per heavy atom. The maximum Gasteiger partial charge on any atom is 0.187 e. The summed E-state index contributed by atoms with van der Waals surface area (Å²) in [5.74, 6) is -0.0888. The van der Waals surface area contributed by atoms with Crippen molar-refractivity contribution in [2.24, 2.45) is 0 Å². The summed E-state index contributed by atoms with van der Waals surface area (Å²) in [5, 5.41) is 4.72. The number of halogens is 2. The standard InChI is InChI=1S/C11H9Cl2N3O/c1-7(16-6-14-5-15-16)11(17)8-2-3-9(12)10(13)4-8/h2-7H,1H3. The van der Waals surface area contributed by atoms with E-state index in [1.54, 1.807) is 25.1 Å². The number of carbonyl (C=O) groups is 1. The van der Waals surface area contributed by atoms with Gasteiger partial charge in [0.25, 0.3) is 0 Å². The van der Waals surface area contributed by atoms with E-state index in [1.165, 1.54) is 17.3 Å². The fraction of sp³-hybridized carbons (Fsp3) is 0.182. The molecule has 0 bridgehead atoms. The number of Topliss-reactive ketones (excluding diaryl/α,β-unsaturated/α-hetero) is 1. The van der Waals surface area contributed by atoms with Gasteiger partial charge in [0.05, 0.1) is 10.0 Å². The van der Waals surface area contributed by atoms with Gasteiger partial charge in [-0.2, -0.15) is 5.10 Å². The molecule has 88 valence electrons. The van der Waals surface area contributed by atoms with Gasteiger partial charge in [0.15, 0.2) is 5.78 Å². The van der Waals surface area contributed by atoms with Crippen LogP contribution in [0.25, 0.3) is 0 Å². The number of hydrogen-bond donors (Lipinski definition) is 0. The van der Waals surface area contributed by atoms with Crippen LogP contribution in [0.5, 0.6) is 0 Å². The lowest BCUT2D eigenvalue weighted by Crippen LogP contribution is -2.17. The van der Waals surface area contributed by atoms with Crippen molar-refractivity contribution >= 4 is 29.0 Å². The molecule has 0 aliphatic carbocycles. The van der Waals surface area contributed by atoms with E-state index in [-0.39, 0.29) is 5.78 Å². The van der Waals surface area contributed by atoms with Crippen molar-refractivity contribution in [1.82, 2.24) is 14.8 Å². The van der Waals surface area contributed by atoms with Crippen LogP contribution in [0, 0.1) is 0 Å². The van der Waals surface area contributed by atoms with E-state index in [9.17, 15) is 4.79 Å². The lowest BCUT2D eigenvalue weighted by molar-refractivity contribution is 0.0928. The first kappa shape index (κ1) is 12.1. The van der Waals surface area contributed by atoms with Gasteiger partial charge >= 0.3 is 0 Å². The molecule has 0 saturated heterocycles. The zero-order valence-corrected chi connectivity index (χ0v) is 10.5. The first-order chi connectivity index (χ1) is 8.09. The monoisotopic (exact) mass is 269 g/mol. The Morgan fingerprint density at radius 1 is 1.35 bits per heavy atom. The van der Waals surface area contributed by atoms with Crippen LogP contribution in [0.15, 0.2) is 30.9 Å². The minimum atomic E-state index is -0.422. The minimum Gasteiger partial charge on any atom is -0.292 e. The molecule has 1 atom stereocenters. The fourth-order valence-electron chi connectivity index (χ4n) is 1.43. The SMILES string of the molecule is CC(C(=O)c1ccc(Cl)c(Cl)c1)n1cncn1. The first-order valence-corrected chi connectivity index (χ1v) is 5.68. The molecule has 0 saturated carbocycles. The van der Waals surface area contributed by atoms with Gasteiger partial charge in [0, 0.05) is 5.56 Å². The Hall–Kier alpha value is -1.39. The smallest absolute Gasteiger partial charge is 0.187 e. The number of ketones is 1. The first-order valence-electron chi connectivity index (χ1n) is 4.93. The van der Waals surface area contributed by atoms with Crippen LogP contribution in [0.2, 0.25) is 10.0 Å². The molecule has 0 radical (unpaired) electrons.